The van der Waals surface area contributed by atoms with Crippen LogP contribution in [0.3, 0.4) is 0 Å². The van der Waals surface area contributed by atoms with Crippen LogP contribution in [0.4, 0.5) is 5.69 Å². The summed E-state index contributed by atoms with van der Waals surface area (Å²) in [5.74, 6) is 0. The quantitative estimate of drug-likeness (QED) is 0.851. The fraction of sp³-hybridized carbons (Fsp3) is 0.571. The average molecular weight is 284 g/mol. The Bertz CT molecular complexity index is 406. The molecule has 2 N–H and O–H groups in total. The van der Waals surface area contributed by atoms with Gasteiger partial charge < -0.3 is 15.3 Å². The lowest BCUT2D eigenvalue weighted by Gasteiger charge is -2.36. The molecule has 2 rings (SSSR count). The Morgan fingerprint density at radius 2 is 2.00 bits per heavy atom. The Morgan fingerprint density at radius 3 is 2.63 bits per heavy atom. The van der Waals surface area contributed by atoms with Crippen LogP contribution in [-0.4, -0.2) is 56.4 Å². The summed E-state index contributed by atoms with van der Waals surface area (Å²) >= 11 is 6.07. The number of piperazine rings is 1. The number of benzene rings is 1. The predicted molar refractivity (Wildman–Crippen MR) is 80.0 cm³/mol. The van der Waals surface area contributed by atoms with Crippen molar-refractivity contribution in [3.8, 4) is 0 Å². The Labute approximate surface area is 120 Å². The number of nitrogens with one attached hydrogen (secondary N) is 1. The van der Waals surface area contributed by atoms with E-state index in [1.165, 1.54) is 11.3 Å². The summed E-state index contributed by atoms with van der Waals surface area (Å²) in [7, 11) is 1.95. The van der Waals surface area contributed by atoms with Crippen molar-refractivity contribution in [1.82, 2.24) is 10.2 Å². The van der Waals surface area contributed by atoms with Crippen LogP contribution >= 0.6 is 11.6 Å². The van der Waals surface area contributed by atoms with Gasteiger partial charge in [0.25, 0.3) is 0 Å². The van der Waals surface area contributed by atoms with Crippen molar-refractivity contribution in [2.24, 2.45) is 0 Å². The lowest BCUT2D eigenvalue weighted by molar-refractivity contribution is 0.188. The molecule has 0 amide bonds. The van der Waals surface area contributed by atoms with E-state index in [0.29, 0.717) is 0 Å². The molecule has 5 heteroatoms. The van der Waals surface area contributed by atoms with Crippen LogP contribution < -0.4 is 10.2 Å². The smallest absolute Gasteiger partial charge is 0.0558 e. The standard InChI is InChI=1S/C14H22ClN3O/c1-16-11-12-10-13(15)2-3-14(12)18-6-4-17(5-7-18)8-9-19/h2-3,10,16,19H,4-9,11H2,1H3. The summed E-state index contributed by atoms with van der Waals surface area (Å²) in [6.07, 6.45) is 0. The molecule has 0 saturated carbocycles. The zero-order chi connectivity index (χ0) is 13.7. The summed E-state index contributed by atoms with van der Waals surface area (Å²) < 4.78 is 0. The lowest BCUT2D eigenvalue weighted by Crippen LogP contribution is -2.47. The summed E-state index contributed by atoms with van der Waals surface area (Å²) in [6, 6.07) is 6.10. The second kappa shape index (κ2) is 7.10. The number of hydrogen-bond acceptors (Lipinski definition) is 4. The number of anilines is 1. The zero-order valence-corrected chi connectivity index (χ0v) is 12.2. The minimum absolute atomic E-state index is 0.242. The molecule has 0 unspecified atom stereocenters. The molecule has 0 bridgehead atoms. The summed E-state index contributed by atoms with van der Waals surface area (Å²) in [5, 5.41) is 12.9. The predicted octanol–water partition coefficient (Wildman–Crippen LogP) is 1.17. The van der Waals surface area contributed by atoms with Crippen molar-refractivity contribution in [1.29, 1.82) is 0 Å². The monoisotopic (exact) mass is 283 g/mol. The van der Waals surface area contributed by atoms with Crippen molar-refractivity contribution < 1.29 is 5.11 Å². The van der Waals surface area contributed by atoms with Gasteiger partial charge in [0, 0.05) is 50.0 Å². The van der Waals surface area contributed by atoms with Crippen LogP contribution in [0.15, 0.2) is 18.2 Å². The van der Waals surface area contributed by atoms with Gasteiger partial charge in [0.15, 0.2) is 0 Å². The van der Waals surface area contributed by atoms with Gasteiger partial charge >= 0.3 is 0 Å². The normalized spacial score (nSPS) is 16.9. The number of hydrogen-bond donors (Lipinski definition) is 2. The van der Waals surface area contributed by atoms with Crippen molar-refractivity contribution in [2.45, 2.75) is 6.54 Å². The van der Waals surface area contributed by atoms with Gasteiger partial charge in [0.2, 0.25) is 0 Å². The Balaban J connectivity index is 2.06. The van der Waals surface area contributed by atoms with E-state index < -0.39 is 0 Å². The highest BCUT2D eigenvalue weighted by molar-refractivity contribution is 6.30. The van der Waals surface area contributed by atoms with E-state index in [-0.39, 0.29) is 6.61 Å². The molecule has 0 atom stereocenters. The summed E-state index contributed by atoms with van der Waals surface area (Å²) in [4.78, 5) is 4.70. The van der Waals surface area contributed by atoms with E-state index in [1.807, 2.05) is 19.2 Å². The number of aliphatic hydroxyl groups excluding tert-OH is 1. The maximum atomic E-state index is 8.97. The second-order valence-corrected chi connectivity index (χ2v) is 5.29. The maximum Gasteiger partial charge on any atom is 0.0558 e. The first-order chi connectivity index (χ1) is 9.24. The van der Waals surface area contributed by atoms with E-state index in [9.17, 15) is 0 Å². The number of nitrogens with zero attached hydrogens (tertiary/aromatic N) is 2. The van der Waals surface area contributed by atoms with Crippen molar-refractivity contribution >= 4 is 17.3 Å². The van der Waals surface area contributed by atoms with Gasteiger partial charge in [-0.25, -0.2) is 0 Å². The Morgan fingerprint density at radius 1 is 1.26 bits per heavy atom. The molecule has 1 fully saturated rings. The van der Waals surface area contributed by atoms with Gasteiger partial charge in [-0.1, -0.05) is 11.6 Å². The van der Waals surface area contributed by atoms with Gasteiger partial charge in [-0.05, 0) is 30.8 Å². The summed E-state index contributed by atoms with van der Waals surface area (Å²) in [6.45, 7) is 5.84. The molecule has 0 aliphatic carbocycles. The van der Waals surface area contributed by atoms with Crippen molar-refractivity contribution in [3.63, 3.8) is 0 Å². The van der Waals surface area contributed by atoms with Crippen LogP contribution in [0.5, 0.6) is 0 Å². The molecule has 0 radical (unpaired) electrons. The molecule has 19 heavy (non-hydrogen) atoms. The van der Waals surface area contributed by atoms with Crippen LogP contribution in [-0.2, 0) is 6.54 Å². The van der Waals surface area contributed by atoms with Crippen LogP contribution in [0.25, 0.3) is 0 Å². The molecule has 0 spiro atoms. The highest BCUT2D eigenvalue weighted by atomic mass is 35.5. The molecule has 4 nitrogen and oxygen atoms in total. The second-order valence-electron chi connectivity index (χ2n) is 4.86. The van der Waals surface area contributed by atoms with E-state index in [1.54, 1.807) is 0 Å². The number of aliphatic hydroxyl groups is 1. The number of rotatable bonds is 5. The molecule has 1 aromatic rings. The van der Waals surface area contributed by atoms with Crippen LogP contribution in [0.2, 0.25) is 5.02 Å². The molecule has 1 aromatic carbocycles. The molecular weight excluding hydrogens is 262 g/mol. The first-order valence-corrected chi connectivity index (χ1v) is 7.13. The lowest BCUT2D eigenvalue weighted by atomic mass is 10.1. The minimum Gasteiger partial charge on any atom is -0.395 e. The van der Waals surface area contributed by atoms with E-state index in [2.05, 4.69) is 21.2 Å². The fourth-order valence-electron chi connectivity index (χ4n) is 2.55. The number of β-amino-alcohol motifs (C(OH)–C–C–N with tert-alkyl or cyclic N) is 1. The molecule has 106 valence electrons. The van der Waals surface area contributed by atoms with E-state index in [0.717, 1.165) is 44.3 Å². The third kappa shape index (κ3) is 3.83. The summed E-state index contributed by atoms with van der Waals surface area (Å²) in [5.41, 5.74) is 2.51. The molecule has 1 heterocycles. The fourth-order valence-corrected chi connectivity index (χ4v) is 2.74. The van der Waals surface area contributed by atoms with E-state index in [4.69, 9.17) is 16.7 Å². The third-order valence-corrected chi connectivity index (χ3v) is 3.77. The van der Waals surface area contributed by atoms with E-state index >= 15 is 0 Å². The van der Waals surface area contributed by atoms with Crippen LogP contribution in [0, 0.1) is 0 Å². The first kappa shape index (κ1) is 14.6. The van der Waals surface area contributed by atoms with Gasteiger partial charge in [-0.2, -0.15) is 0 Å². The Hall–Kier alpha value is -0.810. The topological polar surface area (TPSA) is 38.7 Å². The minimum atomic E-state index is 0.242. The molecule has 0 aromatic heterocycles. The number of halogens is 1. The molecule has 1 aliphatic heterocycles. The molecular formula is C14H22ClN3O. The first-order valence-electron chi connectivity index (χ1n) is 6.76. The highest BCUT2D eigenvalue weighted by Crippen LogP contribution is 2.25. The zero-order valence-electron chi connectivity index (χ0n) is 11.4. The van der Waals surface area contributed by atoms with Gasteiger partial charge in [0.1, 0.15) is 0 Å². The third-order valence-electron chi connectivity index (χ3n) is 3.54. The van der Waals surface area contributed by atoms with Crippen molar-refractivity contribution in [3.05, 3.63) is 28.8 Å². The largest absolute Gasteiger partial charge is 0.395 e. The Kier molecular flexibility index (Phi) is 5.45. The van der Waals surface area contributed by atoms with Gasteiger partial charge in [0.05, 0.1) is 6.61 Å². The van der Waals surface area contributed by atoms with Crippen molar-refractivity contribution in [2.75, 3.05) is 51.3 Å². The van der Waals surface area contributed by atoms with Gasteiger partial charge in [-0.3, -0.25) is 4.90 Å². The molecule has 1 saturated heterocycles. The average Bonchev–Trinajstić information content (AvgIpc) is 2.41. The molecule has 1 aliphatic rings. The van der Waals surface area contributed by atoms with Crippen LogP contribution in [0.1, 0.15) is 5.56 Å². The maximum absolute atomic E-state index is 8.97. The van der Waals surface area contributed by atoms with Gasteiger partial charge in [-0.15, -0.1) is 0 Å². The SMILES string of the molecule is CNCc1cc(Cl)ccc1N1CCN(CCO)CC1. The highest BCUT2D eigenvalue weighted by Gasteiger charge is 2.18.